The first-order valence-electron chi connectivity index (χ1n) is 7.39. The molecule has 110 valence electrons. The predicted molar refractivity (Wildman–Crippen MR) is 77.9 cm³/mol. The Labute approximate surface area is 120 Å². The summed E-state index contributed by atoms with van der Waals surface area (Å²) in [5.74, 6) is 0.918. The van der Waals surface area contributed by atoms with Crippen molar-refractivity contribution < 1.29 is 14.6 Å². The Morgan fingerprint density at radius 3 is 2.75 bits per heavy atom. The summed E-state index contributed by atoms with van der Waals surface area (Å²) in [5.41, 5.74) is 0.637. The van der Waals surface area contributed by atoms with Gasteiger partial charge in [-0.1, -0.05) is 13.3 Å². The normalized spacial score (nSPS) is 21.7. The Morgan fingerprint density at radius 1 is 1.35 bits per heavy atom. The second-order valence-corrected chi connectivity index (χ2v) is 5.33. The van der Waals surface area contributed by atoms with Gasteiger partial charge in [0.05, 0.1) is 6.61 Å². The Balaban J connectivity index is 1.92. The van der Waals surface area contributed by atoms with Crippen LogP contribution in [0.2, 0.25) is 0 Å². The topological polar surface area (TPSA) is 58.6 Å². The average molecular weight is 277 g/mol. The minimum absolute atomic E-state index is 0.0719. The average Bonchev–Trinajstić information content (AvgIpc) is 2.92. The molecule has 2 rings (SSSR count). The number of amides is 1. The number of carbonyl (C=O) groups excluding carboxylic acids is 1. The molecule has 2 atom stereocenters. The number of ether oxygens (including phenoxy) is 1. The van der Waals surface area contributed by atoms with Crippen molar-refractivity contribution in [3.8, 4) is 5.75 Å². The summed E-state index contributed by atoms with van der Waals surface area (Å²) in [6, 6.07) is 7.31. The van der Waals surface area contributed by atoms with E-state index in [9.17, 15) is 9.90 Å². The molecule has 2 unspecified atom stereocenters. The van der Waals surface area contributed by atoms with E-state index in [1.807, 2.05) is 12.1 Å². The van der Waals surface area contributed by atoms with Crippen molar-refractivity contribution in [1.82, 2.24) is 5.32 Å². The quantitative estimate of drug-likeness (QED) is 0.839. The number of rotatable bonds is 6. The first kappa shape index (κ1) is 14.9. The lowest BCUT2D eigenvalue weighted by molar-refractivity contribution is 0.0916. The van der Waals surface area contributed by atoms with Crippen molar-refractivity contribution in [3.05, 3.63) is 29.8 Å². The molecule has 0 radical (unpaired) electrons. The molecule has 1 aromatic carbocycles. The van der Waals surface area contributed by atoms with Gasteiger partial charge in [-0.15, -0.1) is 0 Å². The molecule has 0 saturated heterocycles. The highest BCUT2D eigenvalue weighted by molar-refractivity contribution is 5.94. The molecule has 0 aromatic heterocycles. The van der Waals surface area contributed by atoms with Crippen LogP contribution >= 0.6 is 0 Å². The Bertz CT molecular complexity index is 430. The zero-order valence-electron chi connectivity index (χ0n) is 12.0. The molecule has 4 nitrogen and oxygen atoms in total. The highest BCUT2D eigenvalue weighted by Gasteiger charge is 2.28. The number of aliphatic hydroxyl groups excluding tert-OH is 1. The Morgan fingerprint density at radius 2 is 2.10 bits per heavy atom. The Hall–Kier alpha value is -1.55. The first-order valence-corrected chi connectivity index (χ1v) is 7.39. The van der Waals surface area contributed by atoms with Crippen molar-refractivity contribution in [3.63, 3.8) is 0 Å². The van der Waals surface area contributed by atoms with Gasteiger partial charge in [-0.25, -0.2) is 0 Å². The number of aliphatic hydroxyl groups is 1. The maximum atomic E-state index is 12.2. The van der Waals surface area contributed by atoms with E-state index in [0.29, 0.717) is 12.2 Å². The molecular weight excluding hydrogens is 254 g/mol. The van der Waals surface area contributed by atoms with Crippen LogP contribution < -0.4 is 10.1 Å². The predicted octanol–water partition coefficient (Wildman–Crippen LogP) is 2.37. The third-order valence-corrected chi connectivity index (χ3v) is 3.80. The van der Waals surface area contributed by atoms with Crippen LogP contribution in [0.5, 0.6) is 5.75 Å². The number of hydrogen-bond acceptors (Lipinski definition) is 3. The van der Waals surface area contributed by atoms with Crippen LogP contribution in [0, 0.1) is 5.92 Å². The molecule has 1 aliphatic carbocycles. The van der Waals surface area contributed by atoms with Crippen LogP contribution in [-0.2, 0) is 0 Å². The summed E-state index contributed by atoms with van der Waals surface area (Å²) < 4.78 is 5.49. The van der Waals surface area contributed by atoms with Gasteiger partial charge in [-0.3, -0.25) is 4.79 Å². The van der Waals surface area contributed by atoms with E-state index >= 15 is 0 Å². The molecule has 1 fully saturated rings. The van der Waals surface area contributed by atoms with E-state index in [1.165, 1.54) is 0 Å². The Kier molecular flexibility index (Phi) is 5.41. The van der Waals surface area contributed by atoms with E-state index < -0.39 is 0 Å². The van der Waals surface area contributed by atoms with Crippen LogP contribution in [0.25, 0.3) is 0 Å². The molecule has 0 aliphatic heterocycles. The molecule has 1 amide bonds. The highest BCUT2D eigenvalue weighted by Crippen LogP contribution is 2.25. The fraction of sp³-hybridized carbons (Fsp3) is 0.562. The van der Waals surface area contributed by atoms with Gasteiger partial charge in [0.25, 0.3) is 5.91 Å². The van der Waals surface area contributed by atoms with Crippen molar-refractivity contribution in [1.29, 1.82) is 0 Å². The molecule has 4 heteroatoms. The maximum Gasteiger partial charge on any atom is 0.251 e. The minimum Gasteiger partial charge on any atom is -0.494 e. The molecule has 1 aliphatic rings. The van der Waals surface area contributed by atoms with Gasteiger partial charge < -0.3 is 15.2 Å². The van der Waals surface area contributed by atoms with E-state index in [1.54, 1.807) is 12.1 Å². The van der Waals surface area contributed by atoms with Crippen molar-refractivity contribution >= 4 is 5.91 Å². The molecule has 1 saturated carbocycles. The molecule has 1 aromatic rings. The third kappa shape index (κ3) is 3.73. The third-order valence-electron chi connectivity index (χ3n) is 3.80. The number of benzene rings is 1. The highest BCUT2D eigenvalue weighted by atomic mass is 16.5. The lowest BCUT2D eigenvalue weighted by Gasteiger charge is -2.19. The van der Waals surface area contributed by atoms with Crippen LogP contribution in [0.4, 0.5) is 0 Å². The smallest absolute Gasteiger partial charge is 0.251 e. The van der Waals surface area contributed by atoms with Crippen molar-refractivity contribution in [2.45, 2.75) is 38.6 Å². The largest absolute Gasteiger partial charge is 0.494 e. The summed E-state index contributed by atoms with van der Waals surface area (Å²) in [7, 11) is 0. The molecule has 0 heterocycles. The van der Waals surface area contributed by atoms with Gasteiger partial charge in [-0.2, -0.15) is 0 Å². The number of nitrogens with one attached hydrogen (secondary N) is 1. The standard InChI is InChI=1S/C16H23NO3/c1-2-10-20-14-8-6-12(7-9-14)16(19)17-15-5-3-4-13(15)11-18/h6-9,13,15,18H,2-5,10-11H2,1H3,(H,17,19). The summed E-state index contributed by atoms with van der Waals surface area (Å²) in [5, 5.41) is 12.3. The molecular formula is C16H23NO3. The van der Waals surface area contributed by atoms with Gasteiger partial charge in [0.1, 0.15) is 5.75 Å². The zero-order valence-corrected chi connectivity index (χ0v) is 12.0. The van der Waals surface area contributed by atoms with Crippen LogP contribution in [0.1, 0.15) is 43.0 Å². The van der Waals surface area contributed by atoms with E-state index in [-0.39, 0.29) is 24.5 Å². The molecule has 0 spiro atoms. The van der Waals surface area contributed by atoms with Crippen LogP contribution in [0.15, 0.2) is 24.3 Å². The SMILES string of the molecule is CCCOc1ccc(C(=O)NC2CCCC2CO)cc1. The summed E-state index contributed by atoms with van der Waals surface area (Å²) in [4.78, 5) is 12.2. The van der Waals surface area contributed by atoms with E-state index in [4.69, 9.17) is 4.74 Å². The van der Waals surface area contributed by atoms with E-state index in [0.717, 1.165) is 31.4 Å². The lowest BCUT2D eigenvalue weighted by atomic mass is 10.0. The first-order chi connectivity index (χ1) is 9.74. The van der Waals surface area contributed by atoms with Gasteiger partial charge in [0.2, 0.25) is 0 Å². The summed E-state index contributed by atoms with van der Waals surface area (Å²) >= 11 is 0. The fourth-order valence-corrected chi connectivity index (χ4v) is 2.62. The van der Waals surface area contributed by atoms with Crippen LogP contribution in [-0.4, -0.2) is 30.3 Å². The lowest BCUT2D eigenvalue weighted by Crippen LogP contribution is -2.38. The molecule has 0 bridgehead atoms. The number of carbonyl (C=O) groups is 1. The summed E-state index contributed by atoms with van der Waals surface area (Å²) in [6.07, 6.45) is 3.98. The van der Waals surface area contributed by atoms with Crippen molar-refractivity contribution in [2.75, 3.05) is 13.2 Å². The van der Waals surface area contributed by atoms with Crippen LogP contribution in [0.3, 0.4) is 0 Å². The van der Waals surface area contributed by atoms with Gasteiger partial charge in [0.15, 0.2) is 0 Å². The monoisotopic (exact) mass is 277 g/mol. The maximum absolute atomic E-state index is 12.2. The molecule has 20 heavy (non-hydrogen) atoms. The van der Waals surface area contributed by atoms with Gasteiger partial charge in [0, 0.05) is 24.1 Å². The zero-order chi connectivity index (χ0) is 14.4. The second kappa shape index (κ2) is 7.29. The van der Waals surface area contributed by atoms with E-state index in [2.05, 4.69) is 12.2 Å². The summed E-state index contributed by atoms with van der Waals surface area (Å²) in [6.45, 7) is 2.89. The molecule has 2 N–H and O–H groups in total. The number of hydrogen-bond donors (Lipinski definition) is 2. The van der Waals surface area contributed by atoms with Gasteiger partial charge >= 0.3 is 0 Å². The van der Waals surface area contributed by atoms with Crippen molar-refractivity contribution in [2.24, 2.45) is 5.92 Å². The fourth-order valence-electron chi connectivity index (χ4n) is 2.62. The minimum atomic E-state index is -0.0719. The second-order valence-electron chi connectivity index (χ2n) is 5.33. The van der Waals surface area contributed by atoms with Gasteiger partial charge in [-0.05, 0) is 43.5 Å².